The Bertz CT molecular complexity index is 398. The summed E-state index contributed by atoms with van der Waals surface area (Å²) in [6.45, 7) is 0. The molecule has 5 heteroatoms. The van der Waals surface area contributed by atoms with Gasteiger partial charge in [-0.25, -0.2) is 4.98 Å². The van der Waals surface area contributed by atoms with E-state index in [4.69, 9.17) is 5.26 Å². The summed E-state index contributed by atoms with van der Waals surface area (Å²) < 4.78 is 5.01. The highest BCUT2D eigenvalue weighted by atomic mass is 79.9. The minimum absolute atomic E-state index is 0.0494. The number of pyridine rings is 1. The maximum Gasteiger partial charge on any atom is 0.310 e. The van der Waals surface area contributed by atoms with Crippen molar-refractivity contribution >= 4 is 21.9 Å². The molecule has 0 amide bonds. The van der Waals surface area contributed by atoms with E-state index in [1.54, 1.807) is 6.07 Å². The van der Waals surface area contributed by atoms with Crippen molar-refractivity contribution in [1.29, 1.82) is 5.26 Å². The van der Waals surface area contributed by atoms with Gasteiger partial charge in [-0.2, -0.15) is 5.26 Å². The van der Waals surface area contributed by atoms with E-state index >= 15 is 0 Å². The van der Waals surface area contributed by atoms with Crippen molar-refractivity contribution < 1.29 is 9.53 Å². The Morgan fingerprint density at radius 3 is 3.07 bits per heavy atom. The number of rotatable bonds is 2. The second-order valence-electron chi connectivity index (χ2n) is 2.49. The normalized spacial score (nSPS) is 9.21. The molecule has 0 aliphatic carbocycles. The number of aromatic nitrogens is 1. The molecule has 1 heterocycles. The molecule has 72 valence electrons. The van der Waals surface area contributed by atoms with Crippen LogP contribution >= 0.6 is 15.9 Å². The summed E-state index contributed by atoms with van der Waals surface area (Å²) in [5, 5.41) is 8.78. The summed E-state index contributed by atoms with van der Waals surface area (Å²) in [5.74, 6) is -0.393. The number of methoxy groups -OCH3 is 1. The number of carbonyl (C=O) groups excluding carboxylic acids is 1. The molecule has 0 unspecified atom stereocenters. The van der Waals surface area contributed by atoms with Gasteiger partial charge in [0, 0.05) is 11.8 Å². The molecule has 0 saturated carbocycles. The van der Waals surface area contributed by atoms with Gasteiger partial charge in [-0.05, 0) is 22.0 Å². The molecule has 0 saturated heterocycles. The van der Waals surface area contributed by atoms with Crippen molar-refractivity contribution in [3.8, 4) is 6.07 Å². The Hall–Kier alpha value is -1.41. The molecule has 1 aromatic rings. The Morgan fingerprint density at radius 2 is 2.50 bits per heavy atom. The van der Waals surface area contributed by atoms with Crippen molar-refractivity contribution in [3.05, 3.63) is 28.0 Å². The molecule has 0 aromatic carbocycles. The lowest BCUT2D eigenvalue weighted by atomic mass is 10.1. The van der Waals surface area contributed by atoms with Gasteiger partial charge in [0.2, 0.25) is 0 Å². The third kappa shape index (κ3) is 2.30. The smallest absolute Gasteiger partial charge is 0.310 e. The van der Waals surface area contributed by atoms with Gasteiger partial charge in [0.15, 0.2) is 0 Å². The third-order valence-corrected chi connectivity index (χ3v) is 2.36. The number of carbonyl (C=O) groups is 1. The first-order valence-electron chi connectivity index (χ1n) is 3.79. The van der Waals surface area contributed by atoms with Gasteiger partial charge in [0.25, 0.3) is 0 Å². The summed E-state index contributed by atoms with van der Waals surface area (Å²) in [6.07, 6.45) is 1.55. The second-order valence-corrected chi connectivity index (χ2v) is 3.24. The fourth-order valence-corrected chi connectivity index (χ4v) is 1.43. The molecule has 0 aliphatic rings. The highest BCUT2D eigenvalue weighted by Crippen LogP contribution is 2.18. The molecular weight excluding hydrogens is 248 g/mol. The SMILES string of the molecule is COC(=O)Cc1c(C#N)ccnc1Br. The predicted molar refractivity (Wildman–Crippen MR) is 52.4 cm³/mol. The Morgan fingerprint density at radius 1 is 1.79 bits per heavy atom. The zero-order chi connectivity index (χ0) is 10.6. The maximum absolute atomic E-state index is 11.0. The number of ether oxygens (including phenoxy) is 1. The van der Waals surface area contributed by atoms with Crippen molar-refractivity contribution in [2.45, 2.75) is 6.42 Å². The molecule has 0 fully saturated rings. The highest BCUT2D eigenvalue weighted by molar-refractivity contribution is 9.10. The van der Waals surface area contributed by atoms with Gasteiger partial charge >= 0.3 is 5.97 Å². The number of esters is 1. The molecule has 1 rings (SSSR count). The monoisotopic (exact) mass is 254 g/mol. The van der Waals surface area contributed by atoms with Crippen LogP contribution in [0.2, 0.25) is 0 Å². The molecular formula is C9H7BrN2O2. The van der Waals surface area contributed by atoms with Crippen molar-refractivity contribution in [1.82, 2.24) is 4.98 Å². The quantitative estimate of drug-likeness (QED) is 0.592. The van der Waals surface area contributed by atoms with E-state index in [9.17, 15) is 4.79 Å². The van der Waals surface area contributed by atoms with Crippen LogP contribution in [0.3, 0.4) is 0 Å². The summed E-state index contributed by atoms with van der Waals surface area (Å²) in [7, 11) is 1.30. The Kier molecular flexibility index (Phi) is 3.60. The molecule has 1 aromatic heterocycles. The van der Waals surface area contributed by atoms with Crippen LogP contribution in [-0.2, 0) is 16.0 Å². The highest BCUT2D eigenvalue weighted by Gasteiger charge is 2.12. The largest absolute Gasteiger partial charge is 0.469 e. The summed E-state index contributed by atoms with van der Waals surface area (Å²) in [5.41, 5.74) is 0.985. The van der Waals surface area contributed by atoms with Gasteiger partial charge in [0.1, 0.15) is 4.60 Å². The molecule has 0 spiro atoms. The van der Waals surface area contributed by atoms with Crippen LogP contribution in [-0.4, -0.2) is 18.1 Å². The Balaban J connectivity index is 3.06. The van der Waals surface area contributed by atoms with Crippen molar-refractivity contribution in [3.63, 3.8) is 0 Å². The average molecular weight is 255 g/mol. The number of hydrogen-bond donors (Lipinski definition) is 0. The summed E-state index contributed by atoms with van der Waals surface area (Å²) in [6, 6.07) is 3.55. The van der Waals surface area contributed by atoms with Gasteiger partial charge in [-0.15, -0.1) is 0 Å². The lowest BCUT2D eigenvalue weighted by molar-refractivity contribution is -0.139. The van der Waals surface area contributed by atoms with Crippen LogP contribution in [0.5, 0.6) is 0 Å². The van der Waals surface area contributed by atoms with E-state index in [0.29, 0.717) is 15.7 Å². The van der Waals surface area contributed by atoms with E-state index in [-0.39, 0.29) is 6.42 Å². The predicted octanol–water partition coefficient (Wildman–Crippen LogP) is 1.43. The second kappa shape index (κ2) is 4.72. The molecule has 0 bridgehead atoms. The van der Waals surface area contributed by atoms with Crippen LogP contribution in [0.4, 0.5) is 0 Å². The molecule has 0 aliphatic heterocycles. The molecule has 14 heavy (non-hydrogen) atoms. The zero-order valence-electron chi connectivity index (χ0n) is 7.45. The zero-order valence-corrected chi connectivity index (χ0v) is 9.04. The minimum Gasteiger partial charge on any atom is -0.469 e. The molecule has 0 radical (unpaired) electrons. The number of hydrogen-bond acceptors (Lipinski definition) is 4. The third-order valence-electron chi connectivity index (χ3n) is 1.67. The van der Waals surface area contributed by atoms with Crippen LogP contribution in [0.15, 0.2) is 16.9 Å². The van der Waals surface area contributed by atoms with Gasteiger partial charge < -0.3 is 4.74 Å². The van der Waals surface area contributed by atoms with Crippen LogP contribution in [0.1, 0.15) is 11.1 Å². The number of halogens is 1. The number of nitrogens with zero attached hydrogens (tertiary/aromatic N) is 2. The fraction of sp³-hybridized carbons (Fsp3) is 0.222. The van der Waals surface area contributed by atoms with E-state index in [0.717, 1.165) is 0 Å². The summed E-state index contributed by atoms with van der Waals surface area (Å²) in [4.78, 5) is 15.0. The van der Waals surface area contributed by atoms with E-state index < -0.39 is 5.97 Å². The lowest BCUT2D eigenvalue weighted by Crippen LogP contribution is -2.07. The van der Waals surface area contributed by atoms with Crippen LogP contribution in [0, 0.1) is 11.3 Å². The standard InChI is InChI=1S/C9H7BrN2O2/c1-14-8(13)4-7-6(5-11)2-3-12-9(7)10/h2-3H,4H2,1H3. The van der Waals surface area contributed by atoms with E-state index in [1.807, 2.05) is 6.07 Å². The van der Waals surface area contributed by atoms with Gasteiger partial charge in [0.05, 0.1) is 25.2 Å². The first-order valence-corrected chi connectivity index (χ1v) is 4.58. The maximum atomic E-state index is 11.0. The Labute approximate surface area is 89.6 Å². The topological polar surface area (TPSA) is 63.0 Å². The summed E-state index contributed by atoms with van der Waals surface area (Å²) >= 11 is 3.18. The van der Waals surface area contributed by atoms with Gasteiger partial charge in [-0.3, -0.25) is 4.79 Å². The number of nitriles is 1. The van der Waals surface area contributed by atoms with E-state index in [1.165, 1.54) is 13.3 Å². The first-order chi connectivity index (χ1) is 6.69. The van der Waals surface area contributed by atoms with Gasteiger partial charge in [-0.1, -0.05) is 0 Å². The molecule has 0 atom stereocenters. The van der Waals surface area contributed by atoms with Crippen LogP contribution < -0.4 is 0 Å². The first kappa shape index (κ1) is 10.7. The molecule has 4 nitrogen and oxygen atoms in total. The minimum atomic E-state index is -0.393. The van der Waals surface area contributed by atoms with Crippen molar-refractivity contribution in [2.24, 2.45) is 0 Å². The average Bonchev–Trinajstić information content (AvgIpc) is 2.20. The fourth-order valence-electron chi connectivity index (χ4n) is 0.956. The van der Waals surface area contributed by atoms with E-state index in [2.05, 4.69) is 25.7 Å². The van der Waals surface area contributed by atoms with Crippen LogP contribution in [0.25, 0.3) is 0 Å². The van der Waals surface area contributed by atoms with Crippen molar-refractivity contribution in [2.75, 3.05) is 7.11 Å². The lowest BCUT2D eigenvalue weighted by Gasteiger charge is -2.03. The molecule has 0 N–H and O–H groups in total.